The van der Waals surface area contributed by atoms with Crippen LogP contribution < -0.4 is 0 Å². The van der Waals surface area contributed by atoms with Gasteiger partial charge >= 0.3 is 5.97 Å². The van der Waals surface area contributed by atoms with Crippen molar-refractivity contribution in [2.75, 3.05) is 6.61 Å². The van der Waals surface area contributed by atoms with Gasteiger partial charge in [-0.3, -0.25) is 0 Å². The highest BCUT2D eigenvalue weighted by Crippen LogP contribution is 2.36. The SMILES string of the molecule is O=C1O[C@]2(CCCCO2)[C@@H](O)[C@@H]1O. The van der Waals surface area contributed by atoms with Gasteiger partial charge in [0.1, 0.15) is 0 Å². The fraction of sp³-hybridized carbons (Fsp3) is 0.875. The van der Waals surface area contributed by atoms with E-state index in [1.807, 2.05) is 0 Å². The van der Waals surface area contributed by atoms with Crippen molar-refractivity contribution in [2.24, 2.45) is 0 Å². The van der Waals surface area contributed by atoms with Crippen LogP contribution in [0.2, 0.25) is 0 Å². The maximum Gasteiger partial charge on any atom is 0.340 e. The number of carbonyl (C=O) groups excluding carboxylic acids is 1. The van der Waals surface area contributed by atoms with Crippen molar-refractivity contribution in [3.63, 3.8) is 0 Å². The van der Waals surface area contributed by atoms with Crippen molar-refractivity contribution < 1.29 is 24.5 Å². The van der Waals surface area contributed by atoms with E-state index in [4.69, 9.17) is 9.47 Å². The van der Waals surface area contributed by atoms with Crippen molar-refractivity contribution in [3.05, 3.63) is 0 Å². The zero-order valence-corrected chi connectivity index (χ0v) is 7.10. The number of carbonyl (C=O) groups is 1. The summed E-state index contributed by atoms with van der Waals surface area (Å²) in [5.41, 5.74) is 0. The molecule has 2 saturated heterocycles. The average Bonchev–Trinajstić information content (AvgIpc) is 2.33. The number of rotatable bonds is 0. The summed E-state index contributed by atoms with van der Waals surface area (Å²) in [6, 6.07) is 0. The smallest absolute Gasteiger partial charge is 0.340 e. The number of ether oxygens (including phenoxy) is 2. The summed E-state index contributed by atoms with van der Waals surface area (Å²) in [4.78, 5) is 10.9. The molecule has 0 bridgehead atoms. The Hall–Kier alpha value is -0.650. The van der Waals surface area contributed by atoms with Gasteiger partial charge in [0.25, 0.3) is 0 Å². The van der Waals surface area contributed by atoms with Crippen LogP contribution in [-0.4, -0.2) is 40.8 Å². The first-order chi connectivity index (χ1) is 6.16. The van der Waals surface area contributed by atoms with E-state index in [1.54, 1.807) is 0 Å². The second kappa shape index (κ2) is 2.94. The number of hydrogen-bond donors (Lipinski definition) is 2. The number of aliphatic hydroxyl groups is 2. The molecule has 5 heteroatoms. The van der Waals surface area contributed by atoms with Crippen LogP contribution >= 0.6 is 0 Å². The van der Waals surface area contributed by atoms with Crippen LogP contribution in [0.4, 0.5) is 0 Å². The monoisotopic (exact) mass is 188 g/mol. The first-order valence-corrected chi connectivity index (χ1v) is 4.39. The minimum Gasteiger partial charge on any atom is -0.428 e. The molecule has 0 amide bonds. The van der Waals surface area contributed by atoms with Gasteiger partial charge in [0.2, 0.25) is 5.79 Å². The molecule has 5 nitrogen and oxygen atoms in total. The van der Waals surface area contributed by atoms with Crippen molar-refractivity contribution in [2.45, 2.75) is 37.3 Å². The fourth-order valence-electron chi connectivity index (χ4n) is 1.76. The summed E-state index contributed by atoms with van der Waals surface area (Å²) < 4.78 is 10.1. The van der Waals surface area contributed by atoms with Gasteiger partial charge in [-0.15, -0.1) is 0 Å². The molecule has 0 saturated carbocycles. The lowest BCUT2D eigenvalue weighted by atomic mass is 9.99. The van der Waals surface area contributed by atoms with Crippen LogP contribution in [0.15, 0.2) is 0 Å². The molecule has 13 heavy (non-hydrogen) atoms. The van der Waals surface area contributed by atoms with Crippen molar-refractivity contribution >= 4 is 5.97 Å². The molecule has 74 valence electrons. The molecule has 1 spiro atoms. The zero-order chi connectivity index (χ0) is 9.47. The maximum atomic E-state index is 10.9. The van der Waals surface area contributed by atoms with Gasteiger partial charge in [-0.05, 0) is 12.8 Å². The highest BCUT2D eigenvalue weighted by Gasteiger charge is 2.56. The van der Waals surface area contributed by atoms with Crippen molar-refractivity contribution in [1.82, 2.24) is 0 Å². The lowest BCUT2D eigenvalue weighted by molar-refractivity contribution is -0.260. The standard InChI is InChI=1S/C8H12O5/c9-5-6(10)8(13-7(5)11)3-1-2-4-12-8/h5-6,9-10H,1-4H2/t5-,6-,8+/m0/s1. The third kappa shape index (κ3) is 1.23. The van der Waals surface area contributed by atoms with E-state index in [1.165, 1.54) is 0 Å². The summed E-state index contributed by atoms with van der Waals surface area (Å²) >= 11 is 0. The van der Waals surface area contributed by atoms with Crippen LogP contribution in [0, 0.1) is 0 Å². The Labute approximate surface area is 75.3 Å². The van der Waals surface area contributed by atoms with E-state index in [9.17, 15) is 15.0 Å². The summed E-state index contributed by atoms with van der Waals surface area (Å²) in [5.74, 6) is -2.07. The van der Waals surface area contributed by atoms with E-state index >= 15 is 0 Å². The second-order valence-corrected chi connectivity index (χ2v) is 3.43. The van der Waals surface area contributed by atoms with Crippen molar-refractivity contribution in [3.8, 4) is 0 Å². The molecule has 2 aliphatic rings. The Bertz CT molecular complexity index is 221. The third-order valence-electron chi connectivity index (χ3n) is 2.53. The largest absolute Gasteiger partial charge is 0.428 e. The van der Waals surface area contributed by atoms with Gasteiger partial charge in [-0.1, -0.05) is 0 Å². The third-order valence-corrected chi connectivity index (χ3v) is 2.53. The summed E-state index contributed by atoms with van der Waals surface area (Å²) in [5, 5.41) is 18.7. The van der Waals surface area contributed by atoms with E-state index in [0.29, 0.717) is 13.0 Å². The van der Waals surface area contributed by atoms with Crippen LogP contribution in [0.3, 0.4) is 0 Å². The average molecular weight is 188 g/mol. The predicted molar refractivity (Wildman–Crippen MR) is 40.6 cm³/mol. The lowest BCUT2D eigenvalue weighted by Crippen LogP contribution is -2.47. The molecule has 0 unspecified atom stereocenters. The molecule has 3 atom stereocenters. The van der Waals surface area contributed by atoms with Crippen molar-refractivity contribution in [1.29, 1.82) is 0 Å². The molecule has 2 N–H and O–H groups in total. The Morgan fingerprint density at radius 1 is 1.38 bits per heavy atom. The Morgan fingerprint density at radius 2 is 2.15 bits per heavy atom. The first kappa shape index (κ1) is 8.93. The van der Waals surface area contributed by atoms with E-state index < -0.39 is 24.0 Å². The molecule has 0 radical (unpaired) electrons. The van der Waals surface area contributed by atoms with Crippen LogP contribution in [0.25, 0.3) is 0 Å². The lowest BCUT2D eigenvalue weighted by Gasteiger charge is -2.33. The Kier molecular flexibility index (Phi) is 2.02. The number of esters is 1. The number of aliphatic hydroxyl groups excluding tert-OH is 2. The van der Waals surface area contributed by atoms with E-state index in [2.05, 4.69) is 0 Å². The highest BCUT2D eigenvalue weighted by molar-refractivity contribution is 5.78. The van der Waals surface area contributed by atoms with Gasteiger partial charge < -0.3 is 19.7 Å². The minimum atomic E-state index is -1.46. The summed E-state index contributed by atoms with van der Waals surface area (Å²) in [6.45, 7) is 0.455. The fourth-order valence-corrected chi connectivity index (χ4v) is 1.76. The van der Waals surface area contributed by atoms with Gasteiger partial charge in [0.15, 0.2) is 12.2 Å². The summed E-state index contributed by atoms with van der Waals surface area (Å²) in [6.07, 6.45) is -0.533. The molecular formula is C8H12O5. The van der Waals surface area contributed by atoms with E-state index in [-0.39, 0.29) is 0 Å². The number of hydrogen-bond acceptors (Lipinski definition) is 5. The molecule has 0 aromatic heterocycles. The molecule has 0 aliphatic carbocycles. The quantitative estimate of drug-likeness (QED) is 0.485. The minimum absolute atomic E-state index is 0.455. The summed E-state index contributed by atoms with van der Waals surface area (Å²) in [7, 11) is 0. The van der Waals surface area contributed by atoms with Gasteiger partial charge in [0.05, 0.1) is 6.61 Å². The first-order valence-electron chi connectivity index (χ1n) is 4.39. The van der Waals surface area contributed by atoms with Crippen LogP contribution in [-0.2, 0) is 14.3 Å². The topological polar surface area (TPSA) is 76.0 Å². The Morgan fingerprint density at radius 3 is 2.62 bits per heavy atom. The molecule has 2 heterocycles. The predicted octanol–water partition coefficient (Wildman–Crippen LogP) is -0.838. The normalized spacial score (nSPS) is 45.2. The zero-order valence-electron chi connectivity index (χ0n) is 7.10. The van der Waals surface area contributed by atoms with Crippen LogP contribution in [0.1, 0.15) is 19.3 Å². The maximum absolute atomic E-state index is 10.9. The second-order valence-electron chi connectivity index (χ2n) is 3.43. The molecule has 0 aromatic rings. The molecule has 2 aliphatic heterocycles. The van der Waals surface area contributed by atoms with Gasteiger partial charge in [-0.25, -0.2) is 4.79 Å². The molecular weight excluding hydrogens is 176 g/mol. The van der Waals surface area contributed by atoms with Gasteiger partial charge in [-0.2, -0.15) is 0 Å². The molecule has 2 rings (SSSR count). The van der Waals surface area contributed by atoms with Crippen LogP contribution in [0.5, 0.6) is 0 Å². The molecule has 0 aromatic carbocycles. The molecule has 2 fully saturated rings. The highest BCUT2D eigenvalue weighted by atomic mass is 16.7. The van der Waals surface area contributed by atoms with E-state index in [0.717, 1.165) is 12.8 Å². The van der Waals surface area contributed by atoms with Gasteiger partial charge in [0, 0.05) is 6.42 Å². The Balaban J connectivity index is 2.18.